The summed E-state index contributed by atoms with van der Waals surface area (Å²) >= 11 is 0. The second kappa shape index (κ2) is 7.92. The van der Waals surface area contributed by atoms with Gasteiger partial charge in [0.05, 0.1) is 6.10 Å². The topological polar surface area (TPSA) is 110 Å². The lowest BCUT2D eigenvalue weighted by atomic mass is 9.82. The summed E-state index contributed by atoms with van der Waals surface area (Å²) in [6.45, 7) is 4.95. The van der Waals surface area contributed by atoms with Crippen LogP contribution >= 0.6 is 0 Å². The van der Waals surface area contributed by atoms with Crippen LogP contribution in [-0.2, 0) is 14.3 Å². The molecular formula is C16H29NO5. The first-order valence-electron chi connectivity index (χ1n) is 8.01. The molecule has 0 bridgehead atoms. The van der Waals surface area contributed by atoms with Crippen molar-refractivity contribution in [1.82, 2.24) is 0 Å². The lowest BCUT2D eigenvalue weighted by Gasteiger charge is -2.30. The van der Waals surface area contributed by atoms with Gasteiger partial charge >= 0.3 is 11.9 Å². The minimum atomic E-state index is -1.64. The fraction of sp³-hybridized carbons (Fsp3) is 0.875. The normalized spacial score (nSPS) is 21.0. The predicted octanol–water partition coefficient (Wildman–Crippen LogP) is 1.69. The van der Waals surface area contributed by atoms with E-state index in [1.165, 1.54) is 6.42 Å². The monoisotopic (exact) mass is 315 g/mol. The largest absolute Gasteiger partial charge is 0.481 e. The summed E-state index contributed by atoms with van der Waals surface area (Å²) in [6.07, 6.45) is 4.69. The van der Waals surface area contributed by atoms with Crippen molar-refractivity contribution < 1.29 is 24.5 Å². The molecule has 6 heteroatoms. The van der Waals surface area contributed by atoms with Gasteiger partial charge in [-0.25, -0.2) is 0 Å². The van der Waals surface area contributed by atoms with Crippen molar-refractivity contribution in [1.29, 1.82) is 0 Å². The average Bonchev–Trinajstić information content (AvgIpc) is 2.37. The zero-order valence-electron chi connectivity index (χ0n) is 13.7. The molecule has 0 amide bonds. The number of esters is 1. The molecule has 128 valence electrons. The number of nitrogens with two attached hydrogens (primary N) is 1. The molecule has 6 nitrogen and oxygen atoms in total. The molecule has 0 saturated heterocycles. The number of hydrogen-bond donors (Lipinski definition) is 3. The molecule has 0 radical (unpaired) electrons. The number of carbonyl (C=O) groups excluding carboxylic acids is 1. The number of carboxylic acid groups (broad SMARTS) is 1. The maximum absolute atomic E-state index is 12.0. The van der Waals surface area contributed by atoms with Crippen LogP contribution in [0.4, 0.5) is 0 Å². The SMILES string of the molecule is CC(C)(C)OC(=O)C(C(=O)O)C(O)C(N)CC1CCCCC1. The Kier molecular flexibility index (Phi) is 6.81. The Bertz CT molecular complexity index is 384. The molecule has 1 rings (SSSR count). The van der Waals surface area contributed by atoms with Gasteiger partial charge in [-0.3, -0.25) is 9.59 Å². The number of ether oxygens (including phenoxy) is 1. The van der Waals surface area contributed by atoms with E-state index in [1.807, 2.05) is 0 Å². The third kappa shape index (κ3) is 5.93. The highest BCUT2D eigenvalue weighted by atomic mass is 16.6. The number of aliphatic carboxylic acids is 1. The molecule has 3 unspecified atom stereocenters. The maximum Gasteiger partial charge on any atom is 0.323 e. The first-order valence-corrected chi connectivity index (χ1v) is 8.01. The van der Waals surface area contributed by atoms with Crippen LogP contribution in [0.15, 0.2) is 0 Å². The highest BCUT2D eigenvalue weighted by Gasteiger charge is 2.40. The summed E-state index contributed by atoms with van der Waals surface area (Å²) < 4.78 is 5.09. The van der Waals surface area contributed by atoms with Crippen LogP contribution in [0.1, 0.15) is 59.3 Å². The third-order valence-corrected chi connectivity index (χ3v) is 4.04. The van der Waals surface area contributed by atoms with E-state index in [0.29, 0.717) is 12.3 Å². The number of aliphatic hydroxyl groups excluding tert-OH is 1. The fourth-order valence-corrected chi connectivity index (χ4v) is 2.95. The van der Waals surface area contributed by atoms with Gasteiger partial charge in [0.25, 0.3) is 0 Å². The fourth-order valence-electron chi connectivity index (χ4n) is 2.95. The van der Waals surface area contributed by atoms with E-state index in [-0.39, 0.29) is 0 Å². The van der Waals surface area contributed by atoms with Crippen molar-refractivity contribution >= 4 is 11.9 Å². The Hall–Kier alpha value is -1.14. The Morgan fingerprint density at radius 1 is 1.23 bits per heavy atom. The quantitative estimate of drug-likeness (QED) is 0.508. The van der Waals surface area contributed by atoms with Crippen molar-refractivity contribution in [3.8, 4) is 0 Å². The maximum atomic E-state index is 12.0. The lowest BCUT2D eigenvalue weighted by molar-refractivity contribution is -0.172. The number of rotatable bonds is 6. The van der Waals surface area contributed by atoms with Gasteiger partial charge < -0.3 is 20.7 Å². The number of hydrogen-bond acceptors (Lipinski definition) is 5. The van der Waals surface area contributed by atoms with Crippen molar-refractivity contribution in [2.24, 2.45) is 17.6 Å². The molecule has 3 atom stereocenters. The highest BCUT2D eigenvalue weighted by Crippen LogP contribution is 2.28. The Balaban J connectivity index is 2.68. The summed E-state index contributed by atoms with van der Waals surface area (Å²) in [6, 6.07) is -0.739. The molecule has 0 aliphatic heterocycles. The molecular weight excluding hydrogens is 286 g/mol. The zero-order chi connectivity index (χ0) is 16.9. The predicted molar refractivity (Wildman–Crippen MR) is 82.1 cm³/mol. The molecule has 1 saturated carbocycles. The summed E-state index contributed by atoms with van der Waals surface area (Å²) in [5.74, 6) is -3.59. The van der Waals surface area contributed by atoms with Crippen LogP contribution in [0.2, 0.25) is 0 Å². The molecule has 1 fully saturated rings. The van der Waals surface area contributed by atoms with Crippen molar-refractivity contribution in [2.75, 3.05) is 0 Å². The minimum Gasteiger partial charge on any atom is -0.481 e. The summed E-state index contributed by atoms with van der Waals surface area (Å²) in [4.78, 5) is 23.4. The van der Waals surface area contributed by atoms with Gasteiger partial charge in [-0.2, -0.15) is 0 Å². The van der Waals surface area contributed by atoms with Gasteiger partial charge in [0.1, 0.15) is 5.60 Å². The molecule has 0 aromatic carbocycles. The van der Waals surface area contributed by atoms with E-state index < -0.39 is 35.6 Å². The van der Waals surface area contributed by atoms with E-state index in [1.54, 1.807) is 20.8 Å². The highest BCUT2D eigenvalue weighted by molar-refractivity contribution is 5.94. The first-order chi connectivity index (χ1) is 10.1. The third-order valence-electron chi connectivity index (χ3n) is 4.04. The van der Waals surface area contributed by atoms with Crippen LogP contribution in [0.3, 0.4) is 0 Å². The van der Waals surface area contributed by atoms with E-state index in [2.05, 4.69) is 0 Å². The van der Waals surface area contributed by atoms with Crippen LogP contribution in [0.25, 0.3) is 0 Å². The molecule has 0 aromatic heterocycles. The van der Waals surface area contributed by atoms with Gasteiger partial charge in [0.15, 0.2) is 5.92 Å². The standard InChI is InChI=1S/C16H29NO5/c1-16(2,3)22-15(21)12(14(19)20)13(18)11(17)9-10-7-5-4-6-8-10/h10-13,18H,4-9,17H2,1-3H3,(H,19,20). The molecule has 0 aromatic rings. The van der Waals surface area contributed by atoms with Crippen LogP contribution in [0.5, 0.6) is 0 Å². The van der Waals surface area contributed by atoms with E-state index >= 15 is 0 Å². The van der Waals surface area contributed by atoms with E-state index in [0.717, 1.165) is 25.7 Å². The summed E-state index contributed by atoms with van der Waals surface area (Å²) in [5.41, 5.74) is 5.16. The number of carbonyl (C=O) groups is 2. The average molecular weight is 315 g/mol. The molecule has 4 N–H and O–H groups in total. The van der Waals surface area contributed by atoms with Gasteiger partial charge in [-0.1, -0.05) is 32.1 Å². The summed E-state index contributed by atoms with van der Waals surface area (Å²) in [5, 5.41) is 19.5. The Morgan fingerprint density at radius 3 is 2.23 bits per heavy atom. The van der Waals surface area contributed by atoms with Gasteiger partial charge in [-0.15, -0.1) is 0 Å². The number of carboxylic acids is 1. The second-order valence-corrected chi connectivity index (χ2v) is 7.24. The lowest BCUT2D eigenvalue weighted by Crippen LogP contribution is -2.49. The Morgan fingerprint density at radius 2 is 1.77 bits per heavy atom. The zero-order valence-corrected chi connectivity index (χ0v) is 13.7. The van der Waals surface area contributed by atoms with Crippen LogP contribution < -0.4 is 5.73 Å². The van der Waals surface area contributed by atoms with E-state index in [4.69, 9.17) is 10.5 Å². The van der Waals surface area contributed by atoms with Crippen LogP contribution in [-0.4, -0.2) is 39.9 Å². The molecule has 1 aliphatic carbocycles. The van der Waals surface area contributed by atoms with E-state index in [9.17, 15) is 19.8 Å². The summed E-state index contributed by atoms with van der Waals surface area (Å²) in [7, 11) is 0. The van der Waals surface area contributed by atoms with Crippen molar-refractivity contribution in [3.05, 3.63) is 0 Å². The van der Waals surface area contributed by atoms with Crippen molar-refractivity contribution in [2.45, 2.75) is 77.0 Å². The molecule has 22 heavy (non-hydrogen) atoms. The minimum absolute atomic E-state index is 0.395. The van der Waals surface area contributed by atoms with Crippen LogP contribution in [0, 0.1) is 11.8 Å². The van der Waals surface area contributed by atoms with Crippen molar-refractivity contribution in [3.63, 3.8) is 0 Å². The molecule has 0 heterocycles. The number of aliphatic hydroxyl groups is 1. The van der Waals surface area contributed by atoms with Gasteiger partial charge in [-0.05, 0) is 33.1 Å². The van der Waals surface area contributed by atoms with Gasteiger partial charge in [0.2, 0.25) is 0 Å². The van der Waals surface area contributed by atoms with Gasteiger partial charge in [0, 0.05) is 6.04 Å². The Labute approximate surface area is 132 Å². The second-order valence-electron chi connectivity index (χ2n) is 7.24. The molecule has 1 aliphatic rings. The smallest absolute Gasteiger partial charge is 0.323 e. The first kappa shape index (κ1) is 18.9. The molecule has 0 spiro atoms.